The molecule has 0 bridgehead atoms. The standard InChI is InChI=1S/C17H23ClFN3O3/c1-13(23)22(14-2-3-16(19)15(18)12-14)6-4-17(24)20-5-7-21-8-10-25-11-9-21/h2-3,12H,4-11H2,1H3,(H,20,24). The molecule has 8 heteroatoms. The zero-order chi connectivity index (χ0) is 18.2. The van der Waals surface area contributed by atoms with Crippen molar-refractivity contribution in [3.63, 3.8) is 0 Å². The SMILES string of the molecule is CC(=O)N(CCC(=O)NCCN1CCOCC1)c1ccc(F)c(Cl)c1. The Kier molecular flexibility index (Phi) is 7.61. The summed E-state index contributed by atoms with van der Waals surface area (Å²) in [6, 6.07) is 4.06. The summed E-state index contributed by atoms with van der Waals surface area (Å²) in [5.74, 6) is -0.911. The molecule has 1 saturated heterocycles. The first-order chi connectivity index (χ1) is 12.0. The quantitative estimate of drug-likeness (QED) is 0.792. The summed E-state index contributed by atoms with van der Waals surface area (Å²) in [5.41, 5.74) is 0.472. The molecule has 0 radical (unpaired) electrons. The van der Waals surface area contributed by atoms with E-state index >= 15 is 0 Å². The van der Waals surface area contributed by atoms with Crippen LogP contribution in [-0.4, -0.2) is 62.7 Å². The fourth-order valence-corrected chi connectivity index (χ4v) is 2.78. The first-order valence-corrected chi connectivity index (χ1v) is 8.65. The predicted molar refractivity (Wildman–Crippen MR) is 94.3 cm³/mol. The molecule has 1 aromatic rings. The van der Waals surface area contributed by atoms with E-state index in [9.17, 15) is 14.0 Å². The number of ether oxygens (including phenoxy) is 1. The van der Waals surface area contributed by atoms with Crippen LogP contribution in [0.2, 0.25) is 5.02 Å². The number of carbonyl (C=O) groups is 2. The lowest BCUT2D eigenvalue weighted by molar-refractivity contribution is -0.121. The van der Waals surface area contributed by atoms with Crippen LogP contribution in [0, 0.1) is 5.82 Å². The highest BCUT2D eigenvalue weighted by Crippen LogP contribution is 2.23. The van der Waals surface area contributed by atoms with Crippen LogP contribution in [0.25, 0.3) is 0 Å². The van der Waals surface area contributed by atoms with E-state index in [2.05, 4.69) is 10.2 Å². The maximum atomic E-state index is 13.3. The van der Waals surface area contributed by atoms with Gasteiger partial charge in [0.15, 0.2) is 0 Å². The molecule has 1 aliphatic rings. The van der Waals surface area contributed by atoms with E-state index in [1.165, 1.54) is 30.0 Å². The highest BCUT2D eigenvalue weighted by molar-refractivity contribution is 6.31. The third-order valence-corrected chi connectivity index (χ3v) is 4.30. The Balaban J connectivity index is 1.78. The fourth-order valence-electron chi connectivity index (χ4n) is 2.60. The van der Waals surface area contributed by atoms with Crippen LogP contribution in [0.1, 0.15) is 13.3 Å². The molecule has 25 heavy (non-hydrogen) atoms. The first kappa shape index (κ1) is 19.6. The molecule has 1 N–H and O–H groups in total. The lowest BCUT2D eigenvalue weighted by Gasteiger charge is -2.26. The zero-order valence-corrected chi connectivity index (χ0v) is 15.0. The second-order valence-electron chi connectivity index (χ2n) is 5.82. The minimum Gasteiger partial charge on any atom is -0.379 e. The van der Waals surface area contributed by atoms with Gasteiger partial charge in [-0.3, -0.25) is 14.5 Å². The van der Waals surface area contributed by atoms with Crippen molar-refractivity contribution in [2.45, 2.75) is 13.3 Å². The molecule has 2 rings (SSSR count). The van der Waals surface area contributed by atoms with Gasteiger partial charge in [-0.05, 0) is 18.2 Å². The van der Waals surface area contributed by atoms with Gasteiger partial charge >= 0.3 is 0 Å². The van der Waals surface area contributed by atoms with Gasteiger partial charge in [0, 0.05) is 51.8 Å². The number of halogens is 2. The molecule has 0 spiro atoms. The van der Waals surface area contributed by atoms with Gasteiger partial charge in [-0.25, -0.2) is 4.39 Å². The molecule has 0 aliphatic carbocycles. The number of hydrogen-bond acceptors (Lipinski definition) is 4. The molecule has 6 nitrogen and oxygen atoms in total. The van der Waals surface area contributed by atoms with Gasteiger partial charge in [-0.1, -0.05) is 11.6 Å². The summed E-state index contributed by atoms with van der Waals surface area (Å²) >= 11 is 5.76. The van der Waals surface area contributed by atoms with Crippen molar-refractivity contribution in [3.05, 3.63) is 29.0 Å². The largest absolute Gasteiger partial charge is 0.379 e. The Bertz CT molecular complexity index is 609. The predicted octanol–water partition coefficient (Wildman–Crippen LogP) is 1.67. The number of benzene rings is 1. The van der Waals surface area contributed by atoms with Gasteiger partial charge in [-0.15, -0.1) is 0 Å². The van der Waals surface area contributed by atoms with Gasteiger partial charge < -0.3 is 15.0 Å². The van der Waals surface area contributed by atoms with E-state index in [0.717, 1.165) is 32.8 Å². The van der Waals surface area contributed by atoms with Crippen LogP contribution in [0.5, 0.6) is 0 Å². The summed E-state index contributed by atoms with van der Waals surface area (Å²) in [6.45, 7) is 6.14. The maximum absolute atomic E-state index is 13.3. The average molecular weight is 372 g/mol. The van der Waals surface area contributed by atoms with E-state index in [4.69, 9.17) is 16.3 Å². The summed E-state index contributed by atoms with van der Waals surface area (Å²) in [7, 11) is 0. The molecule has 0 aromatic heterocycles. The van der Waals surface area contributed by atoms with Gasteiger partial charge in [0.05, 0.1) is 18.2 Å². The average Bonchev–Trinajstić information content (AvgIpc) is 2.59. The van der Waals surface area contributed by atoms with Crippen molar-refractivity contribution >= 4 is 29.1 Å². The zero-order valence-electron chi connectivity index (χ0n) is 14.3. The molecule has 0 unspecified atom stereocenters. The van der Waals surface area contributed by atoms with Crippen LogP contribution in [0.4, 0.5) is 10.1 Å². The van der Waals surface area contributed by atoms with Crippen molar-refractivity contribution in [1.29, 1.82) is 0 Å². The minimum atomic E-state index is -0.547. The number of nitrogens with zero attached hydrogens (tertiary/aromatic N) is 2. The number of hydrogen-bond donors (Lipinski definition) is 1. The van der Waals surface area contributed by atoms with Crippen molar-refractivity contribution in [2.24, 2.45) is 0 Å². The van der Waals surface area contributed by atoms with Crippen LogP contribution in [-0.2, 0) is 14.3 Å². The lowest BCUT2D eigenvalue weighted by atomic mass is 10.2. The third kappa shape index (κ3) is 6.26. The maximum Gasteiger partial charge on any atom is 0.223 e. The van der Waals surface area contributed by atoms with Crippen molar-refractivity contribution in [2.75, 3.05) is 50.8 Å². The Morgan fingerprint density at radius 2 is 2.08 bits per heavy atom. The molecular formula is C17H23ClFN3O3. The Hall–Kier alpha value is -1.70. The molecule has 2 amide bonds. The molecule has 138 valence electrons. The smallest absolute Gasteiger partial charge is 0.223 e. The monoisotopic (exact) mass is 371 g/mol. The second-order valence-corrected chi connectivity index (χ2v) is 6.23. The Morgan fingerprint density at radius 3 is 2.72 bits per heavy atom. The van der Waals surface area contributed by atoms with Crippen LogP contribution < -0.4 is 10.2 Å². The highest BCUT2D eigenvalue weighted by Gasteiger charge is 2.15. The van der Waals surface area contributed by atoms with E-state index in [0.29, 0.717) is 12.2 Å². The Labute approximate surface area is 151 Å². The molecule has 0 atom stereocenters. The first-order valence-electron chi connectivity index (χ1n) is 8.27. The second kappa shape index (κ2) is 9.70. The fraction of sp³-hybridized carbons (Fsp3) is 0.529. The minimum absolute atomic E-state index is 0.0567. The lowest BCUT2D eigenvalue weighted by Crippen LogP contribution is -2.42. The summed E-state index contributed by atoms with van der Waals surface area (Å²) in [6.07, 6.45) is 0.164. The molecule has 1 aliphatic heterocycles. The third-order valence-electron chi connectivity index (χ3n) is 4.01. The number of anilines is 1. The van der Waals surface area contributed by atoms with Gasteiger partial charge in [0.1, 0.15) is 5.82 Å². The molecular weight excluding hydrogens is 349 g/mol. The Morgan fingerprint density at radius 1 is 1.36 bits per heavy atom. The van der Waals surface area contributed by atoms with E-state index < -0.39 is 5.82 Å². The molecule has 1 fully saturated rings. The summed E-state index contributed by atoms with van der Waals surface area (Å²) in [5, 5.41) is 2.79. The number of rotatable bonds is 7. The molecule has 1 heterocycles. The van der Waals surface area contributed by atoms with Crippen molar-refractivity contribution in [3.8, 4) is 0 Å². The molecule has 0 saturated carbocycles. The number of nitrogens with one attached hydrogen (secondary N) is 1. The van der Waals surface area contributed by atoms with Gasteiger partial charge in [0.2, 0.25) is 11.8 Å². The summed E-state index contributed by atoms with van der Waals surface area (Å²) < 4.78 is 18.5. The highest BCUT2D eigenvalue weighted by atomic mass is 35.5. The van der Waals surface area contributed by atoms with Gasteiger partial charge in [0.25, 0.3) is 0 Å². The topological polar surface area (TPSA) is 61.9 Å². The van der Waals surface area contributed by atoms with Crippen molar-refractivity contribution < 1.29 is 18.7 Å². The van der Waals surface area contributed by atoms with Crippen molar-refractivity contribution in [1.82, 2.24) is 10.2 Å². The van der Waals surface area contributed by atoms with Gasteiger partial charge in [-0.2, -0.15) is 0 Å². The van der Waals surface area contributed by atoms with Crippen LogP contribution in [0.3, 0.4) is 0 Å². The van der Waals surface area contributed by atoms with E-state index in [1.54, 1.807) is 0 Å². The summed E-state index contributed by atoms with van der Waals surface area (Å²) in [4.78, 5) is 27.4. The van der Waals surface area contributed by atoms with Crippen LogP contribution >= 0.6 is 11.6 Å². The number of carbonyl (C=O) groups excluding carboxylic acids is 2. The number of amides is 2. The van der Waals surface area contributed by atoms with E-state index in [1.807, 2.05) is 0 Å². The number of morpholine rings is 1. The molecule has 1 aromatic carbocycles. The van der Waals surface area contributed by atoms with E-state index in [-0.39, 0.29) is 29.8 Å². The normalized spacial score (nSPS) is 15.0. The van der Waals surface area contributed by atoms with Crippen LogP contribution in [0.15, 0.2) is 18.2 Å².